The molecule has 2 rings (SSSR count). The van der Waals surface area contributed by atoms with Crippen LogP contribution in [0.25, 0.3) is 0 Å². The van der Waals surface area contributed by atoms with Gasteiger partial charge < -0.3 is 10.1 Å². The molecule has 0 bridgehead atoms. The van der Waals surface area contributed by atoms with Crippen molar-refractivity contribution in [3.8, 4) is 0 Å². The lowest BCUT2D eigenvalue weighted by Crippen LogP contribution is -2.07. The van der Waals surface area contributed by atoms with E-state index in [4.69, 9.17) is 16.3 Å². The van der Waals surface area contributed by atoms with Crippen LogP contribution in [0.5, 0.6) is 0 Å². The van der Waals surface area contributed by atoms with Gasteiger partial charge in [0.15, 0.2) is 5.69 Å². The van der Waals surface area contributed by atoms with Crippen LogP contribution in [0, 0.1) is 6.92 Å². The maximum absolute atomic E-state index is 11.8. The van der Waals surface area contributed by atoms with E-state index in [0.29, 0.717) is 16.6 Å². The zero-order valence-electron chi connectivity index (χ0n) is 10.9. The van der Waals surface area contributed by atoms with Crippen molar-refractivity contribution in [2.75, 3.05) is 11.9 Å². The fraction of sp³-hybridized carbons (Fsp3) is 0.231. The molecule has 1 aromatic carbocycles. The van der Waals surface area contributed by atoms with Crippen LogP contribution in [0.2, 0.25) is 5.02 Å². The van der Waals surface area contributed by atoms with Gasteiger partial charge in [-0.1, -0.05) is 11.6 Å². The number of carbonyl (C=O) groups is 1. The molecule has 2 aromatic rings. The molecule has 0 spiro atoms. The van der Waals surface area contributed by atoms with E-state index in [0.717, 1.165) is 15.7 Å². The van der Waals surface area contributed by atoms with E-state index in [1.807, 2.05) is 13.0 Å². The third kappa shape index (κ3) is 3.31. The molecule has 0 saturated heterocycles. The molecule has 7 heteroatoms. The fourth-order valence-electron chi connectivity index (χ4n) is 1.54. The Morgan fingerprint density at radius 3 is 3.00 bits per heavy atom. The highest BCUT2D eigenvalue weighted by atomic mass is 79.9. The maximum atomic E-state index is 11.8. The topological polar surface area (TPSA) is 51.2 Å². The summed E-state index contributed by atoms with van der Waals surface area (Å²) < 4.78 is 5.83. The molecule has 0 aliphatic heterocycles. The van der Waals surface area contributed by atoms with E-state index in [2.05, 4.69) is 26.2 Å². The first-order valence-electron chi connectivity index (χ1n) is 5.86. The number of nitrogens with zero attached hydrogens (tertiary/aromatic N) is 1. The highest BCUT2D eigenvalue weighted by Gasteiger charge is 2.17. The van der Waals surface area contributed by atoms with Gasteiger partial charge in [0.25, 0.3) is 0 Å². The lowest BCUT2D eigenvalue weighted by molar-refractivity contribution is 0.0521. The Morgan fingerprint density at radius 1 is 1.55 bits per heavy atom. The average Bonchev–Trinajstić information content (AvgIpc) is 2.84. The number of aryl methyl sites for hydroxylation is 1. The molecule has 106 valence electrons. The summed E-state index contributed by atoms with van der Waals surface area (Å²) in [5.41, 5.74) is 3.62. The molecule has 0 saturated carbocycles. The van der Waals surface area contributed by atoms with Crippen molar-refractivity contribution in [2.24, 2.45) is 0 Å². The number of carbonyl (C=O) groups excluding carboxylic acids is 1. The van der Waals surface area contributed by atoms with E-state index in [1.165, 1.54) is 11.3 Å². The van der Waals surface area contributed by atoms with Crippen molar-refractivity contribution in [1.82, 2.24) is 4.98 Å². The minimum Gasteiger partial charge on any atom is -0.461 e. The van der Waals surface area contributed by atoms with Crippen molar-refractivity contribution in [1.29, 1.82) is 0 Å². The van der Waals surface area contributed by atoms with Crippen LogP contribution in [0.4, 0.5) is 10.7 Å². The second kappa shape index (κ2) is 6.56. The third-order valence-corrected chi connectivity index (χ3v) is 4.34. The number of ether oxygens (including phenoxy) is 1. The van der Waals surface area contributed by atoms with Crippen LogP contribution in [0.15, 0.2) is 22.1 Å². The molecule has 0 unspecified atom stereocenters. The summed E-state index contributed by atoms with van der Waals surface area (Å²) in [4.78, 5) is 15.8. The number of aromatic nitrogens is 1. The Kier molecular flexibility index (Phi) is 5.01. The van der Waals surface area contributed by atoms with Gasteiger partial charge in [0.05, 0.1) is 17.8 Å². The second-order valence-electron chi connectivity index (χ2n) is 3.96. The summed E-state index contributed by atoms with van der Waals surface area (Å²) in [6.07, 6.45) is 0. The van der Waals surface area contributed by atoms with Crippen LogP contribution in [0.1, 0.15) is 23.0 Å². The van der Waals surface area contributed by atoms with Gasteiger partial charge in [0, 0.05) is 9.50 Å². The van der Waals surface area contributed by atoms with Gasteiger partial charge in [0.1, 0.15) is 5.00 Å². The number of nitrogens with one attached hydrogen (secondary N) is 1. The van der Waals surface area contributed by atoms with Gasteiger partial charge in [-0.05, 0) is 47.5 Å². The third-order valence-electron chi connectivity index (χ3n) is 2.53. The molecule has 0 atom stereocenters. The first-order valence-corrected chi connectivity index (χ1v) is 7.91. The Bertz CT molecular complexity index is 645. The van der Waals surface area contributed by atoms with Crippen LogP contribution in [0.3, 0.4) is 0 Å². The van der Waals surface area contributed by atoms with Gasteiger partial charge in [0.2, 0.25) is 0 Å². The van der Waals surface area contributed by atoms with Crippen molar-refractivity contribution in [2.45, 2.75) is 13.8 Å². The monoisotopic (exact) mass is 374 g/mol. The predicted molar refractivity (Wildman–Crippen MR) is 85.2 cm³/mol. The number of hydrogen-bond acceptors (Lipinski definition) is 5. The molecular weight excluding hydrogens is 364 g/mol. The Labute approximate surface area is 134 Å². The number of thiazole rings is 1. The van der Waals surface area contributed by atoms with Gasteiger partial charge in [-0.2, -0.15) is 0 Å². The fourth-order valence-corrected chi connectivity index (χ4v) is 2.94. The van der Waals surface area contributed by atoms with E-state index in [9.17, 15) is 4.79 Å². The normalized spacial score (nSPS) is 10.4. The standard InChI is InChI=1S/C13H12BrClN2O2S/c1-3-19-13(18)11-12(20-6-16-11)17-10-5-9(15)7(2)4-8(10)14/h4-6,17H,3H2,1-2H3. The number of anilines is 2. The lowest BCUT2D eigenvalue weighted by atomic mass is 10.2. The predicted octanol–water partition coefficient (Wildman–Crippen LogP) is 4.79. The van der Waals surface area contributed by atoms with E-state index in [1.54, 1.807) is 18.5 Å². The first-order chi connectivity index (χ1) is 9.52. The molecule has 4 nitrogen and oxygen atoms in total. The lowest BCUT2D eigenvalue weighted by Gasteiger charge is -2.10. The SMILES string of the molecule is CCOC(=O)c1ncsc1Nc1cc(Cl)c(C)cc1Br. The number of esters is 1. The highest BCUT2D eigenvalue weighted by molar-refractivity contribution is 9.10. The van der Waals surface area contributed by atoms with Crippen molar-refractivity contribution >= 4 is 55.5 Å². The van der Waals surface area contributed by atoms with Crippen molar-refractivity contribution < 1.29 is 9.53 Å². The summed E-state index contributed by atoms with van der Waals surface area (Å²) in [6, 6.07) is 3.71. The van der Waals surface area contributed by atoms with E-state index in [-0.39, 0.29) is 5.69 Å². The average molecular weight is 376 g/mol. The number of hydrogen-bond donors (Lipinski definition) is 1. The van der Waals surface area contributed by atoms with Crippen molar-refractivity contribution in [3.63, 3.8) is 0 Å². The largest absolute Gasteiger partial charge is 0.461 e. The van der Waals surface area contributed by atoms with Crippen molar-refractivity contribution in [3.05, 3.63) is 38.4 Å². The van der Waals surface area contributed by atoms with Gasteiger partial charge in [-0.25, -0.2) is 9.78 Å². The van der Waals surface area contributed by atoms with Crippen LogP contribution in [-0.4, -0.2) is 17.6 Å². The highest BCUT2D eigenvalue weighted by Crippen LogP contribution is 2.33. The van der Waals surface area contributed by atoms with Crippen LogP contribution >= 0.6 is 38.9 Å². The number of halogens is 2. The minimum absolute atomic E-state index is 0.278. The molecule has 0 fully saturated rings. The Hall–Kier alpha value is -1.11. The van der Waals surface area contributed by atoms with Crippen LogP contribution in [-0.2, 0) is 4.74 Å². The second-order valence-corrected chi connectivity index (χ2v) is 6.07. The molecule has 1 aromatic heterocycles. The zero-order chi connectivity index (χ0) is 14.7. The molecule has 1 heterocycles. The van der Waals surface area contributed by atoms with E-state index < -0.39 is 5.97 Å². The summed E-state index contributed by atoms with van der Waals surface area (Å²) in [6.45, 7) is 4.00. The zero-order valence-corrected chi connectivity index (χ0v) is 14.0. The summed E-state index contributed by atoms with van der Waals surface area (Å²) in [5, 5.41) is 4.43. The number of benzene rings is 1. The van der Waals surface area contributed by atoms with Crippen LogP contribution < -0.4 is 5.32 Å². The molecule has 1 N–H and O–H groups in total. The quantitative estimate of drug-likeness (QED) is 0.781. The Balaban J connectivity index is 2.29. The Morgan fingerprint density at radius 2 is 2.30 bits per heavy atom. The minimum atomic E-state index is -0.439. The summed E-state index contributed by atoms with van der Waals surface area (Å²) >= 11 is 10.9. The van der Waals surface area contributed by atoms with Gasteiger partial charge in [-0.15, -0.1) is 11.3 Å². The first kappa shape index (κ1) is 15.3. The molecule has 0 aliphatic rings. The summed E-state index contributed by atoms with van der Waals surface area (Å²) in [7, 11) is 0. The molecular formula is C13H12BrClN2O2S. The molecule has 0 aliphatic carbocycles. The smallest absolute Gasteiger partial charge is 0.360 e. The molecule has 0 amide bonds. The molecule has 0 radical (unpaired) electrons. The van der Waals surface area contributed by atoms with Gasteiger partial charge in [-0.3, -0.25) is 0 Å². The summed E-state index contributed by atoms with van der Waals surface area (Å²) in [5.74, 6) is -0.439. The maximum Gasteiger partial charge on any atom is 0.360 e. The van der Waals surface area contributed by atoms with Gasteiger partial charge >= 0.3 is 5.97 Å². The van der Waals surface area contributed by atoms with E-state index >= 15 is 0 Å². The molecule has 20 heavy (non-hydrogen) atoms. The number of rotatable bonds is 4.